The Bertz CT molecular complexity index is 365. The maximum absolute atomic E-state index is 13.1. The number of benzene rings is 1. The number of halogens is 1. The summed E-state index contributed by atoms with van der Waals surface area (Å²) in [5.74, 6) is 0.553. The highest BCUT2D eigenvalue weighted by atomic mass is 19.1. The van der Waals surface area contributed by atoms with Gasteiger partial charge in [0.2, 0.25) is 0 Å². The Kier molecular flexibility index (Phi) is 4.13. The molecule has 3 heteroatoms. The lowest BCUT2D eigenvalue weighted by molar-refractivity contribution is 0.152. The Labute approximate surface area is 102 Å². The van der Waals surface area contributed by atoms with E-state index in [0.717, 1.165) is 18.1 Å². The van der Waals surface area contributed by atoms with Crippen LogP contribution in [0.4, 0.5) is 4.39 Å². The van der Waals surface area contributed by atoms with Crippen LogP contribution >= 0.6 is 0 Å². The number of nitrogens with one attached hydrogen (secondary N) is 1. The average Bonchev–Trinajstić information content (AvgIpc) is 3.12. The van der Waals surface area contributed by atoms with Crippen LogP contribution in [0.1, 0.15) is 31.4 Å². The summed E-state index contributed by atoms with van der Waals surface area (Å²) in [6, 6.07) is 7.32. The van der Waals surface area contributed by atoms with Crippen molar-refractivity contribution in [1.29, 1.82) is 0 Å². The minimum Gasteiger partial charge on any atom is -0.383 e. The minimum atomic E-state index is -0.175. The fourth-order valence-corrected chi connectivity index (χ4v) is 2.19. The van der Waals surface area contributed by atoms with E-state index in [4.69, 9.17) is 4.74 Å². The number of methoxy groups -OCH3 is 1. The first kappa shape index (κ1) is 12.5. The van der Waals surface area contributed by atoms with Crippen LogP contribution < -0.4 is 5.32 Å². The van der Waals surface area contributed by atoms with Crippen LogP contribution in [0, 0.1) is 11.7 Å². The van der Waals surface area contributed by atoms with E-state index in [1.165, 1.54) is 18.9 Å². The monoisotopic (exact) mass is 237 g/mol. The molecule has 0 radical (unpaired) electrons. The van der Waals surface area contributed by atoms with Crippen molar-refractivity contribution in [1.82, 2.24) is 5.32 Å². The van der Waals surface area contributed by atoms with Gasteiger partial charge < -0.3 is 10.1 Å². The summed E-state index contributed by atoms with van der Waals surface area (Å²) >= 11 is 0. The predicted molar refractivity (Wildman–Crippen MR) is 66.3 cm³/mol. The van der Waals surface area contributed by atoms with Gasteiger partial charge in [0.05, 0.1) is 6.61 Å². The molecule has 2 nitrogen and oxygen atoms in total. The maximum atomic E-state index is 13.1. The molecule has 2 atom stereocenters. The fourth-order valence-electron chi connectivity index (χ4n) is 2.19. The Morgan fingerprint density at radius 3 is 2.82 bits per heavy atom. The van der Waals surface area contributed by atoms with Crippen LogP contribution in [0.15, 0.2) is 24.3 Å². The van der Waals surface area contributed by atoms with Gasteiger partial charge in [0.25, 0.3) is 0 Å². The van der Waals surface area contributed by atoms with Crippen LogP contribution in [0.2, 0.25) is 0 Å². The summed E-state index contributed by atoms with van der Waals surface area (Å²) in [7, 11) is 1.73. The van der Waals surface area contributed by atoms with Crippen LogP contribution in [-0.2, 0) is 4.74 Å². The summed E-state index contributed by atoms with van der Waals surface area (Å²) in [4.78, 5) is 0. The van der Waals surface area contributed by atoms with Crippen molar-refractivity contribution in [2.24, 2.45) is 5.92 Å². The molecule has 17 heavy (non-hydrogen) atoms. The van der Waals surface area contributed by atoms with E-state index >= 15 is 0 Å². The molecule has 0 aromatic heterocycles. The molecule has 0 spiro atoms. The molecule has 1 aromatic rings. The van der Waals surface area contributed by atoms with Gasteiger partial charge in [-0.25, -0.2) is 4.39 Å². The van der Waals surface area contributed by atoms with Crippen LogP contribution in [-0.4, -0.2) is 19.8 Å². The van der Waals surface area contributed by atoms with E-state index in [1.807, 2.05) is 6.07 Å². The van der Waals surface area contributed by atoms with Crippen molar-refractivity contribution >= 4 is 0 Å². The predicted octanol–water partition coefficient (Wildman–Crippen LogP) is 2.90. The Morgan fingerprint density at radius 1 is 1.47 bits per heavy atom. The lowest BCUT2D eigenvalue weighted by Crippen LogP contribution is -2.37. The van der Waals surface area contributed by atoms with Gasteiger partial charge in [0, 0.05) is 19.2 Å². The van der Waals surface area contributed by atoms with E-state index in [0.29, 0.717) is 6.04 Å². The smallest absolute Gasteiger partial charge is 0.123 e. The number of hydrogen-bond donors (Lipinski definition) is 1. The number of hydrogen-bond acceptors (Lipinski definition) is 2. The summed E-state index contributed by atoms with van der Waals surface area (Å²) in [5.41, 5.74) is 0.992. The first-order chi connectivity index (χ1) is 8.20. The third-order valence-electron chi connectivity index (χ3n) is 3.35. The van der Waals surface area contributed by atoms with Gasteiger partial charge in [-0.2, -0.15) is 0 Å². The number of rotatable bonds is 6. The normalized spacial score (nSPS) is 19.0. The molecule has 1 aliphatic rings. The number of ether oxygens (including phenoxy) is 1. The highest BCUT2D eigenvalue weighted by Crippen LogP contribution is 2.33. The van der Waals surface area contributed by atoms with E-state index in [9.17, 15) is 4.39 Å². The molecule has 1 aromatic carbocycles. The molecule has 0 heterocycles. The summed E-state index contributed by atoms with van der Waals surface area (Å²) in [6.07, 6.45) is 2.55. The SMILES string of the molecule is COCC(N[C@H](C)c1cccc(F)c1)C1CC1. The van der Waals surface area contributed by atoms with E-state index in [2.05, 4.69) is 12.2 Å². The van der Waals surface area contributed by atoms with Gasteiger partial charge in [-0.05, 0) is 43.4 Å². The van der Waals surface area contributed by atoms with Gasteiger partial charge in [-0.15, -0.1) is 0 Å². The molecule has 1 N–H and O–H groups in total. The van der Waals surface area contributed by atoms with Crippen molar-refractivity contribution in [3.8, 4) is 0 Å². The maximum Gasteiger partial charge on any atom is 0.123 e. The standard InChI is InChI=1S/C14H20FNO/c1-10(12-4-3-5-13(15)8-12)16-14(9-17-2)11-6-7-11/h3-5,8,10-11,14,16H,6-7,9H2,1-2H3/t10-,14?/m1/s1. The van der Waals surface area contributed by atoms with Crippen molar-refractivity contribution in [2.75, 3.05) is 13.7 Å². The van der Waals surface area contributed by atoms with Crippen LogP contribution in [0.25, 0.3) is 0 Å². The van der Waals surface area contributed by atoms with Gasteiger partial charge in [0.15, 0.2) is 0 Å². The Morgan fingerprint density at radius 2 is 2.24 bits per heavy atom. The third kappa shape index (κ3) is 3.51. The molecule has 0 amide bonds. The van der Waals surface area contributed by atoms with Crippen LogP contribution in [0.3, 0.4) is 0 Å². The van der Waals surface area contributed by atoms with E-state index < -0.39 is 0 Å². The molecular weight excluding hydrogens is 217 g/mol. The molecule has 1 fully saturated rings. The van der Waals surface area contributed by atoms with Crippen LogP contribution in [0.5, 0.6) is 0 Å². The van der Waals surface area contributed by atoms with Crippen molar-refractivity contribution < 1.29 is 9.13 Å². The van der Waals surface area contributed by atoms with Gasteiger partial charge in [-0.3, -0.25) is 0 Å². The average molecular weight is 237 g/mol. The topological polar surface area (TPSA) is 21.3 Å². The van der Waals surface area contributed by atoms with Crippen molar-refractivity contribution in [3.63, 3.8) is 0 Å². The van der Waals surface area contributed by atoms with Gasteiger partial charge in [0.1, 0.15) is 5.82 Å². The largest absolute Gasteiger partial charge is 0.383 e. The lowest BCUT2D eigenvalue weighted by atomic mass is 10.1. The van der Waals surface area contributed by atoms with Crippen molar-refractivity contribution in [3.05, 3.63) is 35.6 Å². The molecule has 94 valence electrons. The lowest BCUT2D eigenvalue weighted by Gasteiger charge is -2.23. The highest BCUT2D eigenvalue weighted by Gasteiger charge is 2.31. The summed E-state index contributed by atoms with van der Waals surface area (Å²) in [5, 5.41) is 3.53. The fraction of sp³-hybridized carbons (Fsp3) is 0.571. The second kappa shape index (κ2) is 5.61. The Balaban J connectivity index is 1.96. The second-order valence-electron chi connectivity index (χ2n) is 4.84. The first-order valence-corrected chi connectivity index (χ1v) is 6.21. The second-order valence-corrected chi connectivity index (χ2v) is 4.84. The summed E-state index contributed by atoms with van der Waals surface area (Å²) in [6.45, 7) is 2.80. The molecule has 0 bridgehead atoms. The molecule has 1 saturated carbocycles. The quantitative estimate of drug-likeness (QED) is 0.821. The van der Waals surface area contributed by atoms with E-state index in [-0.39, 0.29) is 11.9 Å². The minimum absolute atomic E-state index is 0.159. The summed E-state index contributed by atoms with van der Waals surface area (Å²) < 4.78 is 18.4. The molecular formula is C14H20FNO. The van der Waals surface area contributed by atoms with Gasteiger partial charge >= 0.3 is 0 Å². The zero-order chi connectivity index (χ0) is 12.3. The zero-order valence-corrected chi connectivity index (χ0v) is 10.4. The molecule has 0 saturated heterocycles. The molecule has 1 aliphatic carbocycles. The van der Waals surface area contributed by atoms with E-state index in [1.54, 1.807) is 19.2 Å². The highest BCUT2D eigenvalue weighted by molar-refractivity contribution is 5.19. The third-order valence-corrected chi connectivity index (χ3v) is 3.35. The molecule has 2 rings (SSSR count). The zero-order valence-electron chi connectivity index (χ0n) is 10.4. The molecule has 0 aliphatic heterocycles. The van der Waals surface area contributed by atoms with Gasteiger partial charge in [-0.1, -0.05) is 12.1 Å². The van der Waals surface area contributed by atoms with Crippen molar-refractivity contribution in [2.45, 2.75) is 31.8 Å². The Hall–Kier alpha value is -0.930. The first-order valence-electron chi connectivity index (χ1n) is 6.21. The molecule has 1 unspecified atom stereocenters.